The lowest BCUT2D eigenvalue weighted by atomic mass is 10.1. The molecule has 134 valence electrons. The number of carbonyl (C=O) groups excluding carboxylic acids is 1. The van der Waals surface area contributed by atoms with E-state index >= 15 is 0 Å². The summed E-state index contributed by atoms with van der Waals surface area (Å²) in [6, 6.07) is 7.80. The third-order valence-electron chi connectivity index (χ3n) is 4.65. The average molecular weight is 344 g/mol. The Hall–Kier alpha value is -2.25. The molecule has 0 aliphatic carbocycles. The van der Waals surface area contributed by atoms with Gasteiger partial charge in [0.15, 0.2) is 0 Å². The van der Waals surface area contributed by atoms with Gasteiger partial charge in [0.2, 0.25) is 11.8 Å². The number of carbonyl (C=O) groups is 1. The molecule has 2 aromatic rings. The van der Waals surface area contributed by atoms with Crippen molar-refractivity contribution in [2.45, 2.75) is 31.3 Å². The van der Waals surface area contributed by atoms with E-state index in [0.29, 0.717) is 24.4 Å². The number of aliphatic hydroxyl groups excluding tert-OH is 1. The summed E-state index contributed by atoms with van der Waals surface area (Å²) in [5.74, 6) is 0.446. The van der Waals surface area contributed by atoms with E-state index < -0.39 is 0 Å². The molecule has 3 rings (SSSR count). The van der Waals surface area contributed by atoms with Crippen molar-refractivity contribution in [3.8, 4) is 5.88 Å². The monoisotopic (exact) mass is 344 g/mol. The lowest BCUT2D eigenvalue weighted by molar-refractivity contribution is -0.121. The molecular formula is C18H24N4O3. The first-order chi connectivity index (χ1) is 12.1. The summed E-state index contributed by atoms with van der Waals surface area (Å²) in [6.07, 6.45) is 1.57. The molecule has 1 saturated heterocycles. The summed E-state index contributed by atoms with van der Waals surface area (Å²) in [6.45, 7) is 0.878. The number of likely N-dealkylation sites (N-methyl/N-ethyl adjacent to an activating group) is 1. The summed E-state index contributed by atoms with van der Waals surface area (Å²) in [4.78, 5) is 23.4. The van der Waals surface area contributed by atoms with Crippen LogP contribution in [-0.2, 0) is 11.2 Å². The van der Waals surface area contributed by atoms with E-state index in [1.807, 2.05) is 31.3 Å². The lowest BCUT2D eigenvalue weighted by Gasteiger charge is -2.15. The number of likely N-dealkylation sites (tertiary alicyclic amines) is 1. The fourth-order valence-electron chi connectivity index (χ4n) is 3.28. The van der Waals surface area contributed by atoms with Crippen molar-refractivity contribution >= 4 is 16.9 Å². The van der Waals surface area contributed by atoms with Crippen LogP contribution in [0.25, 0.3) is 11.0 Å². The number of nitrogens with zero attached hydrogens (tertiary/aromatic N) is 3. The summed E-state index contributed by atoms with van der Waals surface area (Å²) in [5, 5.41) is 12.3. The highest BCUT2D eigenvalue weighted by Gasteiger charge is 2.29. The third-order valence-corrected chi connectivity index (χ3v) is 4.65. The molecular weight excluding hydrogens is 320 g/mol. The number of benzene rings is 1. The number of aliphatic hydroxyl groups is 1. The highest BCUT2D eigenvalue weighted by atomic mass is 16.5. The zero-order valence-corrected chi connectivity index (χ0v) is 14.6. The smallest absolute Gasteiger partial charge is 0.235 e. The van der Waals surface area contributed by atoms with Gasteiger partial charge >= 0.3 is 0 Å². The first-order valence-electron chi connectivity index (χ1n) is 8.50. The van der Waals surface area contributed by atoms with Crippen LogP contribution in [0.1, 0.15) is 18.5 Å². The van der Waals surface area contributed by atoms with E-state index in [-0.39, 0.29) is 24.6 Å². The van der Waals surface area contributed by atoms with E-state index in [9.17, 15) is 9.90 Å². The molecule has 7 nitrogen and oxygen atoms in total. The molecule has 0 unspecified atom stereocenters. The van der Waals surface area contributed by atoms with Crippen molar-refractivity contribution in [3.05, 3.63) is 30.0 Å². The SMILES string of the molecule is COc1nc2ccccc2nc1CCC(=O)N[C@@H]1C[C@@H](CO)N(C)C1. The molecule has 1 aliphatic rings. The van der Waals surface area contributed by atoms with Gasteiger partial charge in [0.05, 0.1) is 24.8 Å². The van der Waals surface area contributed by atoms with Gasteiger partial charge in [-0.15, -0.1) is 0 Å². The molecule has 0 saturated carbocycles. The fraction of sp³-hybridized carbons (Fsp3) is 0.500. The number of aryl methyl sites for hydroxylation is 1. The topological polar surface area (TPSA) is 87.6 Å². The van der Waals surface area contributed by atoms with Gasteiger partial charge < -0.3 is 15.2 Å². The molecule has 25 heavy (non-hydrogen) atoms. The Bertz CT molecular complexity index is 752. The van der Waals surface area contributed by atoms with Crippen LogP contribution in [0.3, 0.4) is 0 Å². The number of rotatable bonds is 6. The molecule has 0 radical (unpaired) electrons. The Labute approximate surface area is 147 Å². The third kappa shape index (κ3) is 4.05. The van der Waals surface area contributed by atoms with E-state index in [4.69, 9.17) is 4.74 Å². The molecule has 2 heterocycles. The molecule has 1 aromatic heterocycles. The van der Waals surface area contributed by atoms with Crippen LogP contribution in [-0.4, -0.2) is 65.3 Å². The Morgan fingerprint density at radius 2 is 2.08 bits per heavy atom. The van der Waals surface area contributed by atoms with Crippen LogP contribution < -0.4 is 10.1 Å². The van der Waals surface area contributed by atoms with Gasteiger partial charge in [-0.2, -0.15) is 0 Å². The minimum Gasteiger partial charge on any atom is -0.480 e. The molecule has 7 heteroatoms. The van der Waals surface area contributed by atoms with Crippen LogP contribution in [0.4, 0.5) is 0 Å². The van der Waals surface area contributed by atoms with E-state index in [0.717, 1.165) is 24.0 Å². The summed E-state index contributed by atoms with van der Waals surface area (Å²) >= 11 is 0. The number of para-hydroxylation sites is 2. The maximum absolute atomic E-state index is 12.3. The number of methoxy groups -OCH3 is 1. The van der Waals surface area contributed by atoms with Gasteiger partial charge in [0, 0.05) is 31.5 Å². The van der Waals surface area contributed by atoms with Crippen molar-refractivity contribution < 1.29 is 14.6 Å². The van der Waals surface area contributed by atoms with Crippen molar-refractivity contribution in [2.24, 2.45) is 0 Å². The average Bonchev–Trinajstić information content (AvgIpc) is 2.98. The number of aromatic nitrogens is 2. The number of fused-ring (bicyclic) bond motifs is 1. The van der Waals surface area contributed by atoms with Gasteiger partial charge in [0.25, 0.3) is 0 Å². The predicted octanol–water partition coefficient (Wildman–Crippen LogP) is 0.752. The Kier molecular flexibility index (Phi) is 5.45. The number of amides is 1. The predicted molar refractivity (Wildman–Crippen MR) is 94.5 cm³/mol. The first-order valence-corrected chi connectivity index (χ1v) is 8.50. The maximum atomic E-state index is 12.3. The normalized spacial score (nSPS) is 20.8. The second-order valence-corrected chi connectivity index (χ2v) is 6.44. The van der Waals surface area contributed by atoms with Crippen molar-refractivity contribution in [1.82, 2.24) is 20.2 Å². The van der Waals surface area contributed by atoms with E-state index in [1.54, 1.807) is 7.11 Å². The van der Waals surface area contributed by atoms with Crippen molar-refractivity contribution in [3.63, 3.8) is 0 Å². The summed E-state index contributed by atoms with van der Waals surface area (Å²) in [7, 11) is 3.52. The maximum Gasteiger partial charge on any atom is 0.235 e. The van der Waals surface area contributed by atoms with Crippen molar-refractivity contribution in [2.75, 3.05) is 27.3 Å². The van der Waals surface area contributed by atoms with Gasteiger partial charge in [-0.25, -0.2) is 9.97 Å². The van der Waals surface area contributed by atoms with Crippen molar-refractivity contribution in [1.29, 1.82) is 0 Å². The van der Waals surface area contributed by atoms with Crippen LogP contribution >= 0.6 is 0 Å². The van der Waals surface area contributed by atoms with Gasteiger partial charge in [-0.1, -0.05) is 12.1 Å². The molecule has 0 spiro atoms. The van der Waals surface area contributed by atoms with E-state index in [2.05, 4.69) is 20.2 Å². The largest absolute Gasteiger partial charge is 0.480 e. The minimum absolute atomic E-state index is 0.0194. The van der Waals surface area contributed by atoms with Gasteiger partial charge in [-0.05, 0) is 25.6 Å². The summed E-state index contributed by atoms with van der Waals surface area (Å²) in [5.41, 5.74) is 2.26. The van der Waals surface area contributed by atoms with Gasteiger partial charge in [-0.3, -0.25) is 9.69 Å². The molecule has 1 amide bonds. The zero-order chi connectivity index (χ0) is 17.8. The van der Waals surface area contributed by atoms with Gasteiger partial charge in [0.1, 0.15) is 5.69 Å². The molecule has 2 N–H and O–H groups in total. The highest BCUT2D eigenvalue weighted by molar-refractivity contribution is 5.77. The standard InChI is InChI=1S/C18H24N4O3/c1-22-10-12(9-13(22)11-23)19-17(24)8-7-16-18(25-2)21-15-6-4-3-5-14(15)20-16/h3-6,12-13,23H,7-11H2,1-2H3,(H,19,24)/t12-,13+/m1/s1. The quantitative estimate of drug-likeness (QED) is 0.804. The van der Waals surface area contributed by atoms with Crippen LogP contribution in [0.5, 0.6) is 5.88 Å². The van der Waals surface area contributed by atoms with Crippen LogP contribution in [0.2, 0.25) is 0 Å². The minimum atomic E-state index is -0.0194. The van der Waals surface area contributed by atoms with Crippen LogP contribution in [0.15, 0.2) is 24.3 Å². The second-order valence-electron chi connectivity index (χ2n) is 6.44. The number of hydrogen-bond donors (Lipinski definition) is 2. The number of ether oxygens (including phenoxy) is 1. The Morgan fingerprint density at radius 1 is 1.36 bits per heavy atom. The molecule has 1 aliphatic heterocycles. The molecule has 0 bridgehead atoms. The fourth-order valence-corrected chi connectivity index (χ4v) is 3.28. The second kappa shape index (κ2) is 7.76. The Morgan fingerprint density at radius 3 is 2.72 bits per heavy atom. The zero-order valence-electron chi connectivity index (χ0n) is 14.6. The first kappa shape index (κ1) is 17.6. The molecule has 2 atom stereocenters. The molecule has 1 aromatic carbocycles. The van der Waals surface area contributed by atoms with Crippen LogP contribution in [0, 0.1) is 0 Å². The highest BCUT2D eigenvalue weighted by Crippen LogP contribution is 2.20. The number of nitrogens with one attached hydrogen (secondary N) is 1. The molecule has 1 fully saturated rings. The Balaban J connectivity index is 1.61. The summed E-state index contributed by atoms with van der Waals surface area (Å²) < 4.78 is 5.32. The lowest BCUT2D eigenvalue weighted by Crippen LogP contribution is -2.36. The van der Waals surface area contributed by atoms with E-state index in [1.165, 1.54) is 0 Å². The number of hydrogen-bond acceptors (Lipinski definition) is 6.